The monoisotopic (exact) mass is 307 g/mol. The number of hydrogen-bond donors (Lipinski definition) is 2. The van der Waals surface area contributed by atoms with Gasteiger partial charge in [0.25, 0.3) is 5.56 Å². The molecule has 6 nitrogen and oxygen atoms in total. The van der Waals surface area contributed by atoms with Crippen LogP contribution in [0.5, 0.6) is 0 Å². The van der Waals surface area contributed by atoms with Crippen molar-refractivity contribution < 1.29 is 0 Å². The molecule has 102 valence electrons. The van der Waals surface area contributed by atoms with Crippen LogP contribution in [0.25, 0.3) is 10.2 Å². The molecule has 0 saturated heterocycles. The third kappa shape index (κ3) is 2.26. The highest BCUT2D eigenvalue weighted by Crippen LogP contribution is 2.18. The van der Waals surface area contributed by atoms with E-state index in [9.17, 15) is 4.79 Å². The minimum Gasteiger partial charge on any atom is -0.308 e. The van der Waals surface area contributed by atoms with Gasteiger partial charge in [-0.25, -0.2) is 15.8 Å². The molecule has 0 radical (unpaired) electrons. The van der Waals surface area contributed by atoms with E-state index in [2.05, 4.69) is 15.4 Å². The van der Waals surface area contributed by atoms with E-state index in [1.165, 1.54) is 22.2 Å². The second-order valence-corrected chi connectivity index (χ2v) is 5.41. The average molecular weight is 308 g/mol. The van der Waals surface area contributed by atoms with Crippen molar-refractivity contribution in [3.63, 3.8) is 0 Å². The van der Waals surface area contributed by atoms with Gasteiger partial charge >= 0.3 is 0 Å². The van der Waals surface area contributed by atoms with Crippen LogP contribution in [0.2, 0.25) is 5.02 Å². The van der Waals surface area contributed by atoms with Crippen molar-refractivity contribution in [1.29, 1.82) is 0 Å². The van der Waals surface area contributed by atoms with Crippen molar-refractivity contribution in [3.8, 4) is 0 Å². The number of pyridine rings is 1. The molecule has 0 amide bonds. The summed E-state index contributed by atoms with van der Waals surface area (Å²) in [5.74, 6) is 5.81. The first-order chi connectivity index (χ1) is 9.69. The molecule has 3 rings (SSSR count). The number of nitrogens with two attached hydrogens (primary N) is 1. The summed E-state index contributed by atoms with van der Waals surface area (Å²) in [6.45, 7) is 0.244. The smallest absolute Gasteiger partial charge is 0.271 e. The molecule has 0 atom stereocenters. The molecule has 0 aromatic carbocycles. The maximum atomic E-state index is 12.3. The Kier molecular flexibility index (Phi) is 3.39. The van der Waals surface area contributed by atoms with Crippen LogP contribution in [0, 0.1) is 0 Å². The molecule has 3 N–H and O–H groups in total. The van der Waals surface area contributed by atoms with E-state index in [0.717, 1.165) is 0 Å². The van der Waals surface area contributed by atoms with Crippen LogP contribution in [-0.4, -0.2) is 14.5 Å². The van der Waals surface area contributed by atoms with Gasteiger partial charge in [-0.05, 0) is 23.6 Å². The number of hydrogen-bond acceptors (Lipinski definition) is 6. The number of aromatic nitrogens is 3. The molecule has 0 aliphatic heterocycles. The molecular formula is C12H10ClN5OS. The van der Waals surface area contributed by atoms with Crippen molar-refractivity contribution in [1.82, 2.24) is 14.5 Å². The SMILES string of the molecule is NNc1ccc(Cl)c(Cn2cnc3ccsc3c2=O)n1. The van der Waals surface area contributed by atoms with E-state index in [-0.39, 0.29) is 12.1 Å². The lowest BCUT2D eigenvalue weighted by Crippen LogP contribution is -2.21. The van der Waals surface area contributed by atoms with Gasteiger partial charge in [0.2, 0.25) is 0 Å². The van der Waals surface area contributed by atoms with Gasteiger partial charge in [0.1, 0.15) is 10.5 Å². The van der Waals surface area contributed by atoms with Crippen LogP contribution < -0.4 is 16.8 Å². The summed E-state index contributed by atoms with van der Waals surface area (Å²) in [6.07, 6.45) is 1.50. The Labute approximate surface area is 122 Å². The van der Waals surface area contributed by atoms with E-state index < -0.39 is 0 Å². The van der Waals surface area contributed by atoms with Crippen LogP contribution in [-0.2, 0) is 6.54 Å². The minimum absolute atomic E-state index is 0.103. The number of nitrogens with one attached hydrogen (secondary N) is 1. The fourth-order valence-electron chi connectivity index (χ4n) is 1.83. The molecule has 3 aromatic heterocycles. The van der Waals surface area contributed by atoms with Gasteiger partial charge in [0, 0.05) is 0 Å². The first kappa shape index (κ1) is 13.0. The molecule has 3 aromatic rings. The summed E-state index contributed by atoms with van der Waals surface area (Å²) in [5, 5.41) is 2.32. The van der Waals surface area contributed by atoms with Gasteiger partial charge in [0.05, 0.1) is 29.1 Å². The molecule has 0 aliphatic carbocycles. The molecule has 0 aliphatic rings. The summed E-state index contributed by atoms with van der Waals surface area (Å²) in [7, 11) is 0. The van der Waals surface area contributed by atoms with E-state index in [4.69, 9.17) is 17.4 Å². The number of halogens is 1. The molecule has 8 heteroatoms. The first-order valence-corrected chi connectivity index (χ1v) is 6.99. The van der Waals surface area contributed by atoms with Gasteiger partial charge in [-0.2, -0.15) is 0 Å². The zero-order valence-corrected chi connectivity index (χ0v) is 11.8. The maximum Gasteiger partial charge on any atom is 0.271 e. The Morgan fingerprint density at radius 2 is 2.25 bits per heavy atom. The lowest BCUT2D eigenvalue weighted by molar-refractivity contribution is 0.732. The molecule has 0 spiro atoms. The van der Waals surface area contributed by atoms with E-state index in [0.29, 0.717) is 26.8 Å². The second-order valence-electron chi connectivity index (χ2n) is 4.08. The topological polar surface area (TPSA) is 85.8 Å². The summed E-state index contributed by atoms with van der Waals surface area (Å²) in [6, 6.07) is 5.16. The van der Waals surface area contributed by atoms with Crippen molar-refractivity contribution >= 4 is 39.0 Å². The number of nitrogen functional groups attached to an aromatic ring is 1. The average Bonchev–Trinajstić information content (AvgIpc) is 2.93. The lowest BCUT2D eigenvalue weighted by Gasteiger charge is -2.08. The zero-order valence-electron chi connectivity index (χ0n) is 10.2. The van der Waals surface area contributed by atoms with Crippen molar-refractivity contribution in [2.24, 2.45) is 5.84 Å². The van der Waals surface area contributed by atoms with Crippen molar-refractivity contribution in [3.05, 3.63) is 51.0 Å². The highest BCUT2D eigenvalue weighted by Gasteiger charge is 2.09. The highest BCUT2D eigenvalue weighted by atomic mass is 35.5. The molecular weight excluding hydrogens is 298 g/mol. The van der Waals surface area contributed by atoms with Gasteiger partial charge in [-0.15, -0.1) is 11.3 Å². The summed E-state index contributed by atoms with van der Waals surface area (Å²) in [4.78, 5) is 20.8. The zero-order chi connectivity index (χ0) is 14.1. The minimum atomic E-state index is -0.103. The van der Waals surface area contributed by atoms with Crippen LogP contribution in [0.3, 0.4) is 0 Å². The predicted octanol–water partition coefficient (Wildman–Crippen LogP) is 1.84. The summed E-state index contributed by atoms with van der Waals surface area (Å²) in [5.41, 5.74) is 3.61. The largest absolute Gasteiger partial charge is 0.308 e. The van der Waals surface area contributed by atoms with Gasteiger partial charge in [-0.1, -0.05) is 11.6 Å². The summed E-state index contributed by atoms with van der Waals surface area (Å²) < 4.78 is 2.10. The fraction of sp³-hybridized carbons (Fsp3) is 0.0833. The Bertz CT molecular complexity index is 828. The number of nitrogens with zero attached hydrogens (tertiary/aromatic N) is 3. The predicted molar refractivity (Wildman–Crippen MR) is 80.0 cm³/mol. The van der Waals surface area contributed by atoms with E-state index in [1.807, 2.05) is 11.4 Å². The first-order valence-electron chi connectivity index (χ1n) is 5.73. The standard InChI is InChI=1S/C12H10ClN5OS/c13-7-1-2-10(17-14)16-9(7)5-18-6-15-8-3-4-20-11(8)12(18)19/h1-4,6H,5,14H2,(H,16,17). The lowest BCUT2D eigenvalue weighted by atomic mass is 10.3. The molecule has 0 fully saturated rings. The second kappa shape index (κ2) is 5.20. The van der Waals surface area contributed by atoms with Crippen molar-refractivity contribution in [2.75, 3.05) is 5.43 Å². The summed E-state index contributed by atoms with van der Waals surface area (Å²) >= 11 is 7.46. The Morgan fingerprint density at radius 1 is 1.40 bits per heavy atom. The highest BCUT2D eigenvalue weighted by molar-refractivity contribution is 7.17. The van der Waals surface area contributed by atoms with Crippen LogP contribution >= 0.6 is 22.9 Å². The molecule has 3 heterocycles. The van der Waals surface area contributed by atoms with Gasteiger partial charge in [-0.3, -0.25) is 9.36 Å². The maximum absolute atomic E-state index is 12.3. The Hall–Kier alpha value is -1.96. The number of hydrazine groups is 1. The molecule has 0 saturated carbocycles. The Balaban J connectivity index is 2.05. The van der Waals surface area contributed by atoms with Gasteiger partial charge in [0.15, 0.2) is 0 Å². The third-order valence-corrected chi connectivity index (χ3v) is 4.06. The van der Waals surface area contributed by atoms with Crippen LogP contribution in [0.4, 0.5) is 5.82 Å². The number of anilines is 1. The number of thiophene rings is 1. The Morgan fingerprint density at radius 3 is 3.05 bits per heavy atom. The van der Waals surface area contributed by atoms with Crippen molar-refractivity contribution in [2.45, 2.75) is 6.54 Å². The van der Waals surface area contributed by atoms with Gasteiger partial charge < -0.3 is 5.43 Å². The van der Waals surface area contributed by atoms with Crippen LogP contribution in [0.15, 0.2) is 34.7 Å². The molecule has 0 unspecified atom stereocenters. The molecule has 0 bridgehead atoms. The number of rotatable bonds is 3. The molecule has 20 heavy (non-hydrogen) atoms. The fourth-order valence-corrected chi connectivity index (χ4v) is 2.79. The normalized spacial score (nSPS) is 10.9. The third-order valence-electron chi connectivity index (χ3n) is 2.82. The van der Waals surface area contributed by atoms with E-state index >= 15 is 0 Å². The van der Waals surface area contributed by atoms with E-state index in [1.54, 1.807) is 12.1 Å². The quantitative estimate of drug-likeness (QED) is 0.569. The van der Waals surface area contributed by atoms with Crippen LogP contribution in [0.1, 0.15) is 5.69 Å². The number of fused-ring (bicyclic) bond motifs is 1.